The highest BCUT2D eigenvalue weighted by Crippen LogP contribution is 2.14. The average Bonchev–Trinajstić information content (AvgIpc) is 2.38. The minimum Gasteiger partial charge on any atom is -0.370 e. The molecule has 1 aliphatic rings. The molecule has 16 heavy (non-hydrogen) atoms. The van der Waals surface area contributed by atoms with E-state index in [-0.39, 0.29) is 0 Å². The second-order valence-corrected chi connectivity index (χ2v) is 4.78. The normalized spacial score (nSPS) is 17.3. The van der Waals surface area contributed by atoms with Gasteiger partial charge in [0, 0.05) is 12.7 Å². The number of aromatic nitrogens is 2. The van der Waals surface area contributed by atoms with Gasteiger partial charge in [0.15, 0.2) is 5.16 Å². The molecule has 0 bridgehead atoms. The van der Waals surface area contributed by atoms with Gasteiger partial charge in [-0.3, -0.25) is 0 Å². The Morgan fingerprint density at radius 3 is 3.06 bits per heavy atom. The Balaban J connectivity index is 1.83. The molecular formula is C11H18N4S. The molecule has 5 heteroatoms. The summed E-state index contributed by atoms with van der Waals surface area (Å²) in [6.07, 6.45) is 6.32. The number of nitrogens with one attached hydrogen (secondary N) is 2. The van der Waals surface area contributed by atoms with Crippen molar-refractivity contribution in [2.45, 2.75) is 18.0 Å². The quantitative estimate of drug-likeness (QED) is 0.616. The van der Waals surface area contributed by atoms with Crippen molar-refractivity contribution in [3.63, 3.8) is 0 Å². The Bertz CT molecular complexity index is 326. The lowest BCUT2D eigenvalue weighted by atomic mass is 9.98. The molecule has 2 heterocycles. The predicted octanol–water partition coefficient (Wildman–Crippen LogP) is 1.61. The van der Waals surface area contributed by atoms with Gasteiger partial charge in [-0.05, 0) is 44.2 Å². The molecule has 0 aromatic carbocycles. The first-order chi connectivity index (χ1) is 7.88. The number of rotatable bonds is 4. The fourth-order valence-corrected chi connectivity index (χ4v) is 2.23. The maximum atomic E-state index is 4.40. The van der Waals surface area contributed by atoms with Crippen LogP contribution in [0.5, 0.6) is 0 Å². The van der Waals surface area contributed by atoms with E-state index in [1.807, 2.05) is 18.5 Å². The van der Waals surface area contributed by atoms with Crippen molar-refractivity contribution in [2.24, 2.45) is 5.92 Å². The molecule has 1 fully saturated rings. The third-order valence-corrected chi connectivity index (χ3v) is 3.41. The first-order valence-electron chi connectivity index (χ1n) is 5.70. The van der Waals surface area contributed by atoms with Crippen LogP contribution >= 0.6 is 11.8 Å². The van der Waals surface area contributed by atoms with Crippen LogP contribution in [0.2, 0.25) is 0 Å². The lowest BCUT2D eigenvalue weighted by molar-refractivity contribution is 0.389. The summed E-state index contributed by atoms with van der Waals surface area (Å²) in [5.74, 6) is 1.71. The van der Waals surface area contributed by atoms with Crippen molar-refractivity contribution in [2.75, 3.05) is 31.2 Å². The van der Waals surface area contributed by atoms with Gasteiger partial charge in [-0.25, -0.2) is 9.97 Å². The third-order valence-electron chi connectivity index (χ3n) is 2.85. The number of hydrogen-bond donors (Lipinski definition) is 2. The summed E-state index contributed by atoms with van der Waals surface area (Å²) < 4.78 is 0. The summed E-state index contributed by atoms with van der Waals surface area (Å²) >= 11 is 1.57. The molecule has 0 amide bonds. The van der Waals surface area contributed by atoms with E-state index in [2.05, 4.69) is 20.6 Å². The minimum absolute atomic E-state index is 0.772. The second-order valence-electron chi connectivity index (χ2n) is 4.00. The van der Waals surface area contributed by atoms with Gasteiger partial charge in [-0.15, -0.1) is 0 Å². The fourth-order valence-electron chi connectivity index (χ4n) is 1.87. The summed E-state index contributed by atoms with van der Waals surface area (Å²) in [6, 6.07) is 1.93. The molecule has 88 valence electrons. The topological polar surface area (TPSA) is 49.8 Å². The van der Waals surface area contributed by atoms with Crippen LogP contribution in [0.4, 0.5) is 5.82 Å². The Kier molecular flexibility index (Phi) is 4.42. The maximum Gasteiger partial charge on any atom is 0.189 e. The van der Waals surface area contributed by atoms with Crippen molar-refractivity contribution in [3.8, 4) is 0 Å². The van der Waals surface area contributed by atoms with E-state index in [9.17, 15) is 0 Å². The monoisotopic (exact) mass is 238 g/mol. The van der Waals surface area contributed by atoms with Crippen molar-refractivity contribution in [3.05, 3.63) is 12.3 Å². The Morgan fingerprint density at radius 1 is 1.50 bits per heavy atom. The van der Waals surface area contributed by atoms with E-state index in [0.29, 0.717) is 0 Å². The van der Waals surface area contributed by atoms with Crippen molar-refractivity contribution < 1.29 is 0 Å². The van der Waals surface area contributed by atoms with Gasteiger partial charge in [0.2, 0.25) is 0 Å². The van der Waals surface area contributed by atoms with Crippen LogP contribution in [0, 0.1) is 5.92 Å². The lowest BCUT2D eigenvalue weighted by Crippen LogP contribution is -2.31. The predicted molar refractivity (Wildman–Crippen MR) is 67.9 cm³/mol. The van der Waals surface area contributed by atoms with E-state index in [0.717, 1.165) is 36.5 Å². The molecule has 1 aliphatic heterocycles. The highest BCUT2D eigenvalue weighted by molar-refractivity contribution is 7.98. The van der Waals surface area contributed by atoms with Gasteiger partial charge < -0.3 is 10.6 Å². The summed E-state index contributed by atoms with van der Waals surface area (Å²) in [4.78, 5) is 8.56. The highest BCUT2D eigenvalue weighted by atomic mass is 32.2. The molecule has 0 unspecified atom stereocenters. The van der Waals surface area contributed by atoms with Crippen LogP contribution in [0.3, 0.4) is 0 Å². The van der Waals surface area contributed by atoms with Crippen LogP contribution in [-0.2, 0) is 0 Å². The number of anilines is 1. The molecule has 1 aromatic rings. The summed E-state index contributed by atoms with van der Waals surface area (Å²) in [5, 5.41) is 7.60. The highest BCUT2D eigenvalue weighted by Gasteiger charge is 2.12. The standard InChI is InChI=1S/C11H18N4S/c1-16-11-13-7-4-10(15-11)14-8-9-2-5-12-6-3-9/h4,7,9,12H,2-3,5-6,8H2,1H3,(H,13,14,15). The zero-order valence-corrected chi connectivity index (χ0v) is 10.4. The molecule has 1 saturated heterocycles. The molecule has 1 aromatic heterocycles. The van der Waals surface area contributed by atoms with Crippen molar-refractivity contribution >= 4 is 17.6 Å². The van der Waals surface area contributed by atoms with Crippen LogP contribution in [0.1, 0.15) is 12.8 Å². The first kappa shape index (κ1) is 11.7. The van der Waals surface area contributed by atoms with Gasteiger partial charge >= 0.3 is 0 Å². The molecule has 4 nitrogen and oxygen atoms in total. The van der Waals surface area contributed by atoms with Crippen LogP contribution in [-0.4, -0.2) is 35.9 Å². The molecule has 2 rings (SSSR count). The van der Waals surface area contributed by atoms with E-state index in [1.165, 1.54) is 12.8 Å². The summed E-state index contributed by atoms with van der Waals surface area (Å²) in [5.41, 5.74) is 0. The van der Waals surface area contributed by atoms with Crippen molar-refractivity contribution in [1.29, 1.82) is 0 Å². The number of nitrogens with zero attached hydrogens (tertiary/aromatic N) is 2. The molecule has 0 atom stereocenters. The smallest absolute Gasteiger partial charge is 0.189 e. The fraction of sp³-hybridized carbons (Fsp3) is 0.636. The van der Waals surface area contributed by atoms with E-state index in [4.69, 9.17) is 0 Å². The van der Waals surface area contributed by atoms with Gasteiger partial charge in [0.1, 0.15) is 5.82 Å². The van der Waals surface area contributed by atoms with Crippen LogP contribution < -0.4 is 10.6 Å². The van der Waals surface area contributed by atoms with Crippen LogP contribution in [0.15, 0.2) is 17.4 Å². The molecule has 0 aliphatic carbocycles. The molecule has 0 saturated carbocycles. The van der Waals surface area contributed by atoms with Crippen LogP contribution in [0.25, 0.3) is 0 Å². The number of piperidine rings is 1. The Hall–Kier alpha value is -0.810. The second kappa shape index (κ2) is 6.06. The van der Waals surface area contributed by atoms with Gasteiger partial charge in [-0.2, -0.15) is 0 Å². The molecular weight excluding hydrogens is 220 g/mol. The average molecular weight is 238 g/mol. The maximum absolute atomic E-state index is 4.40. The zero-order valence-electron chi connectivity index (χ0n) is 9.57. The number of hydrogen-bond acceptors (Lipinski definition) is 5. The molecule has 2 N–H and O–H groups in total. The lowest BCUT2D eigenvalue weighted by Gasteiger charge is -2.22. The van der Waals surface area contributed by atoms with Crippen molar-refractivity contribution in [1.82, 2.24) is 15.3 Å². The third kappa shape index (κ3) is 3.35. The summed E-state index contributed by atoms with van der Waals surface area (Å²) in [7, 11) is 0. The first-order valence-corrected chi connectivity index (χ1v) is 6.92. The Labute approximate surface area is 101 Å². The molecule has 0 radical (unpaired) electrons. The van der Waals surface area contributed by atoms with Gasteiger partial charge in [0.05, 0.1) is 0 Å². The summed E-state index contributed by atoms with van der Waals surface area (Å²) in [6.45, 7) is 3.31. The van der Waals surface area contributed by atoms with Gasteiger partial charge in [0.25, 0.3) is 0 Å². The van der Waals surface area contributed by atoms with E-state index >= 15 is 0 Å². The Morgan fingerprint density at radius 2 is 2.31 bits per heavy atom. The van der Waals surface area contributed by atoms with Gasteiger partial charge in [-0.1, -0.05) is 11.8 Å². The van der Waals surface area contributed by atoms with E-state index < -0.39 is 0 Å². The van der Waals surface area contributed by atoms with E-state index in [1.54, 1.807) is 11.8 Å². The SMILES string of the molecule is CSc1nccc(NCC2CCNCC2)n1. The largest absolute Gasteiger partial charge is 0.370 e. The number of thioether (sulfide) groups is 1. The minimum atomic E-state index is 0.772. The molecule has 0 spiro atoms. The zero-order chi connectivity index (χ0) is 11.2.